The van der Waals surface area contributed by atoms with Gasteiger partial charge in [0.15, 0.2) is 16.6 Å². The molecule has 6 heteroatoms. The lowest BCUT2D eigenvalue weighted by Crippen LogP contribution is -2.44. The van der Waals surface area contributed by atoms with Crippen LogP contribution in [0.2, 0.25) is 36.3 Å². The zero-order valence-corrected chi connectivity index (χ0v) is 24.3. The van der Waals surface area contributed by atoms with Crippen LogP contribution in [0, 0.1) is 0 Å². The third-order valence-electron chi connectivity index (χ3n) is 7.42. The fraction of sp³-hybridized carbons (Fsp3) is 0.808. The lowest BCUT2D eigenvalue weighted by Gasteiger charge is -2.39. The first-order valence-electron chi connectivity index (χ1n) is 12.8. The van der Waals surface area contributed by atoms with E-state index in [1.165, 1.54) is 0 Å². The largest absolute Gasteiger partial charge is 0.460 e. The van der Waals surface area contributed by atoms with Gasteiger partial charge in [-0.1, -0.05) is 53.7 Å². The van der Waals surface area contributed by atoms with Crippen molar-refractivity contribution in [3.8, 4) is 0 Å². The topological polar surface area (TPSA) is 44.8 Å². The van der Waals surface area contributed by atoms with Crippen LogP contribution in [-0.4, -0.2) is 40.9 Å². The number of carbonyl (C=O) groups is 1. The highest BCUT2D eigenvalue weighted by atomic mass is 28.4. The van der Waals surface area contributed by atoms with E-state index in [-0.39, 0.29) is 29.3 Å². The molecule has 0 N–H and O–H groups in total. The van der Waals surface area contributed by atoms with Gasteiger partial charge in [0.1, 0.15) is 0 Å². The summed E-state index contributed by atoms with van der Waals surface area (Å²) in [7, 11) is -3.69. The molecule has 4 nitrogen and oxygen atoms in total. The summed E-state index contributed by atoms with van der Waals surface area (Å²) in [5.41, 5.74) is 0. The minimum absolute atomic E-state index is 0.0735. The Bertz CT molecular complexity index is 610. The van der Waals surface area contributed by atoms with Crippen LogP contribution in [0.1, 0.15) is 80.6 Å². The number of rotatable bonds is 7. The highest BCUT2D eigenvalue weighted by molar-refractivity contribution is 6.74. The lowest BCUT2D eigenvalue weighted by molar-refractivity contribution is -0.142. The zero-order valence-electron chi connectivity index (χ0n) is 22.3. The highest BCUT2D eigenvalue weighted by Crippen LogP contribution is 2.38. The lowest BCUT2D eigenvalue weighted by atomic mass is 10.1. The number of ether oxygens (including phenoxy) is 1. The van der Waals surface area contributed by atoms with Crippen molar-refractivity contribution in [1.29, 1.82) is 0 Å². The molecule has 0 spiro atoms. The van der Waals surface area contributed by atoms with Crippen molar-refractivity contribution in [1.82, 2.24) is 0 Å². The Morgan fingerprint density at radius 2 is 1.53 bits per heavy atom. The van der Waals surface area contributed by atoms with Crippen LogP contribution in [0.25, 0.3) is 0 Å². The van der Waals surface area contributed by atoms with E-state index in [1.807, 2.05) is 13.0 Å². The van der Waals surface area contributed by atoms with E-state index < -0.39 is 16.6 Å². The van der Waals surface area contributed by atoms with Gasteiger partial charge < -0.3 is 13.6 Å². The minimum atomic E-state index is -1.98. The average Bonchev–Trinajstić information content (AvgIpc) is 2.71. The Morgan fingerprint density at radius 3 is 2.06 bits per heavy atom. The maximum Gasteiger partial charge on any atom is 0.330 e. The first kappa shape index (κ1) is 29.3. The summed E-state index contributed by atoms with van der Waals surface area (Å²) in [5, 5.41) is 0.111. The van der Waals surface area contributed by atoms with E-state index in [0.29, 0.717) is 0 Å². The fourth-order valence-electron chi connectivity index (χ4n) is 3.85. The van der Waals surface area contributed by atoms with Crippen molar-refractivity contribution >= 4 is 22.6 Å². The standard InChI is InChI=1S/C26H50O4Si2/c1-10-32(11-2,12-3)30-23-17-15-13-14-16-22(4)28-25(27)21-20-24(19-18-23)29-31(8,9)26(5,6)7/h15,17,20-24H,10-14,16,18-19H2,1-9H3/b17-15+,21-20+/t22-,23-,24-/m0/s1. The number of carbonyl (C=O) groups excluding carboxylic acids is 1. The molecular formula is C26H50O4Si2. The maximum atomic E-state index is 12.4. The van der Waals surface area contributed by atoms with E-state index >= 15 is 0 Å². The third kappa shape index (κ3) is 9.66. The number of cyclic esters (lactones) is 1. The van der Waals surface area contributed by atoms with E-state index in [9.17, 15) is 4.79 Å². The van der Waals surface area contributed by atoms with Gasteiger partial charge in [-0.2, -0.15) is 0 Å². The summed E-state index contributed by atoms with van der Waals surface area (Å²) in [6.45, 7) is 20.1. The van der Waals surface area contributed by atoms with Gasteiger partial charge in [-0.05, 0) is 81.4 Å². The first-order chi connectivity index (χ1) is 14.9. The van der Waals surface area contributed by atoms with Gasteiger partial charge in [0.2, 0.25) is 0 Å². The van der Waals surface area contributed by atoms with Crippen LogP contribution in [0.15, 0.2) is 24.3 Å². The van der Waals surface area contributed by atoms with Crippen molar-refractivity contribution < 1.29 is 18.4 Å². The summed E-state index contributed by atoms with van der Waals surface area (Å²) < 4.78 is 19.1. The molecule has 0 saturated carbocycles. The predicted octanol–water partition coefficient (Wildman–Crippen LogP) is 7.78. The molecule has 186 valence electrons. The SMILES string of the molecule is CC[Si](CC)(CC)O[C@H]1/C=C/CCC[C@H](C)OC(=O)/C=C/[C@@H](O[Si](C)(C)C(C)(C)C)CC1. The number of esters is 1. The van der Waals surface area contributed by atoms with E-state index in [2.05, 4.69) is 66.8 Å². The number of allylic oxidation sites excluding steroid dienone is 1. The zero-order chi connectivity index (χ0) is 24.4. The molecule has 0 saturated heterocycles. The molecule has 3 atom stereocenters. The summed E-state index contributed by atoms with van der Waals surface area (Å²) in [6, 6.07) is 3.45. The Hall–Kier alpha value is -0.696. The molecule has 1 heterocycles. The second kappa shape index (κ2) is 13.3. The Kier molecular flexibility index (Phi) is 12.2. The molecule has 0 aromatic carbocycles. The van der Waals surface area contributed by atoms with Gasteiger partial charge in [-0.15, -0.1) is 0 Å². The van der Waals surface area contributed by atoms with E-state index in [1.54, 1.807) is 6.08 Å². The summed E-state index contributed by atoms with van der Waals surface area (Å²) in [5.74, 6) is -0.267. The monoisotopic (exact) mass is 482 g/mol. The van der Waals surface area contributed by atoms with Gasteiger partial charge in [0.25, 0.3) is 0 Å². The van der Waals surface area contributed by atoms with Crippen molar-refractivity contribution in [2.24, 2.45) is 0 Å². The van der Waals surface area contributed by atoms with Crippen LogP contribution in [0.4, 0.5) is 0 Å². The van der Waals surface area contributed by atoms with Crippen LogP contribution < -0.4 is 0 Å². The molecule has 0 aromatic heterocycles. The molecule has 0 amide bonds. The Labute approximate surface area is 200 Å². The average molecular weight is 483 g/mol. The fourth-order valence-corrected chi connectivity index (χ4v) is 7.99. The third-order valence-corrected chi connectivity index (χ3v) is 16.6. The smallest absolute Gasteiger partial charge is 0.330 e. The predicted molar refractivity (Wildman–Crippen MR) is 141 cm³/mol. The normalized spacial score (nSPS) is 26.8. The minimum Gasteiger partial charge on any atom is -0.460 e. The molecule has 32 heavy (non-hydrogen) atoms. The van der Waals surface area contributed by atoms with Gasteiger partial charge in [0.05, 0.1) is 18.3 Å². The Balaban J connectivity index is 3.14. The van der Waals surface area contributed by atoms with Gasteiger partial charge in [-0.25, -0.2) is 4.79 Å². The molecule has 0 radical (unpaired) electrons. The maximum absolute atomic E-state index is 12.4. The van der Waals surface area contributed by atoms with Crippen LogP contribution in [-0.2, 0) is 18.4 Å². The summed E-state index contributed by atoms with van der Waals surface area (Å²) >= 11 is 0. The molecule has 1 rings (SSSR count). The number of hydrogen-bond acceptors (Lipinski definition) is 4. The van der Waals surface area contributed by atoms with Crippen molar-refractivity contribution in [2.45, 2.75) is 135 Å². The molecule has 0 fully saturated rings. The van der Waals surface area contributed by atoms with Gasteiger partial charge in [-0.3, -0.25) is 0 Å². The molecular weight excluding hydrogens is 432 g/mol. The summed E-state index contributed by atoms with van der Waals surface area (Å²) in [6.07, 6.45) is 12.6. The van der Waals surface area contributed by atoms with Crippen molar-refractivity contribution in [3.05, 3.63) is 24.3 Å². The van der Waals surface area contributed by atoms with Crippen molar-refractivity contribution in [3.63, 3.8) is 0 Å². The van der Waals surface area contributed by atoms with Crippen molar-refractivity contribution in [2.75, 3.05) is 0 Å². The van der Waals surface area contributed by atoms with Crippen LogP contribution in [0.3, 0.4) is 0 Å². The molecule has 1 aliphatic rings. The molecule has 1 aliphatic heterocycles. The second-order valence-electron chi connectivity index (χ2n) is 10.9. The molecule has 0 bridgehead atoms. The van der Waals surface area contributed by atoms with Gasteiger partial charge in [0, 0.05) is 6.08 Å². The molecule has 0 unspecified atom stereocenters. The van der Waals surface area contributed by atoms with E-state index in [4.69, 9.17) is 13.6 Å². The molecule has 0 aromatic rings. The second-order valence-corrected chi connectivity index (χ2v) is 20.3. The molecule has 0 aliphatic carbocycles. The number of hydrogen-bond donors (Lipinski definition) is 0. The van der Waals surface area contributed by atoms with Gasteiger partial charge >= 0.3 is 5.97 Å². The summed E-state index contributed by atoms with van der Waals surface area (Å²) in [4.78, 5) is 12.4. The van der Waals surface area contributed by atoms with Crippen LogP contribution in [0.5, 0.6) is 0 Å². The quantitative estimate of drug-likeness (QED) is 0.211. The highest BCUT2D eigenvalue weighted by Gasteiger charge is 2.39. The van der Waals surface area contributed by atoms with E-state index in [0.717, 1.165) is 50.2 Å². The Morgan fingerprint density at radius 1 is 0.969 bits per heavy atom. The first-order valence-corrected chi connectivity index (χ1v) is 18.2. The van der Waals surface area contributed by atoms with Crippen LogP contribution >= 0.6 is 0 Å².